The summed E-state index contributed by atoms with van der Waals surface area (Å²) in [6, 6.07) is 0. The van der Waals surface area contributed by atoms with E-state index < -0.39 is 20.2 Å². The molecule has 6 nitrogen and oxygen atoms in total. The first-order valence-electron chi connectivity index (χ1n) is 3.73. The van der Waals surface area contributed by atoms with Crippen molar-refractivity contribution in [1.29, 1.82) is 0 Å². The number of nitrogen functional groups attached to an aromatic ring is 1. The maximum Gasteiger partial charge on any atom is 0.300 e. The van der Waals surface area contributed by atoms with Crippen molar-refractivity contribution in [2.24, 2.45) is 0 Å². The predicted octanol–water partition coefficient (Wildman–Crippen LogP) is 0.0837. The molecule has 78 valence electrons. The molecule has 0 radical (unpaired) electrons. The molecular weight excluding hydrogens is 226 g/mol. The quantitative estimate of drug-likeness (QED) is 0.778. The standard InChI is InChI=1S/C6H9N3O3S2/c1-3(2)14(11,12)6(10)4-5(7)13-9-8-4/h3H,7H2,1-2H3. The van der Waals surface area contributed by atoms with Crippen LogP contribution in [0.15, 0.2) is 0 Å². The number of anilines is 1. The summed E-state index contributed by atoms with van der Waals surface area (Å²) in [6.45, 7) is 2.84. The van der Waals surface area contributed by atoms with Gasteiger partial charge in [-0.3, -0.25) is 4.79 Å². The molecule has 0 atom stereocenters. The molecule has 0 aliphatic rings. The van der Waals surface area contributed by atoms with Gasteiger partial charge in [0.25, 0.3) is 5.12 Å². The second-order valence-electron chi connectivity index (χ2n) is 2.87. The highest BCUT2D eigenvalue weighted by molar-refractivity contribution is 8.07. The Labute approximate surface area is 85.2 Å². The van der Waals surface area contributed by atoms with Gasteiger partial charge in [0.15, 0.2) is 5.69 Å². The van der Waals surface area contributed by atoms with Gasteiger partial charge in [-0.1, -0.05) is 4.49 Å². The smallest absolute Gasteiger partial charge is 0.300 e. The Morgan fingerprint density at radius 3 is 2.43 bits per heavy atom. The van der Waals surface area contributed by atoms with Gasteiger partial charge in [0, 0.05) is 11.5 Å². The molecule has 0 aromatic carbocycles. The lowest BCUT2D eigenvalue weighted by Gasteiger charge is -2.03. The van der Waals surface area contributed by atoms with Gasteiger partial charge in [0.1, 0.15) is 5.00 Å². The summed E-state index contributed by atoms with van der Waals surface area (Å²) < 4.78 is 26.2. The predicted molar refractivity (Wildman–Crippen MR) is 52.7 cm³/mol. The van der Waals surface area contributed by atoms with Gasteiger partial charge in [0.05, 0.1) is 5.25 Å². The van der Waals surface area contributed by atoms with Crippen LogP contribution in [0.1, 0.15) is 24.3 Å². The van der Waals surface area contributed by atoms with Crippen LogP contribution in [0.25, 0.3) is 0 Å². The number of carbonyl (C=O) groups excluding carboxylic acids is 1. The topological polar surface area (TPSA) is 103 Å². The molecule has 0 saturated heterocycles. The van der Waals surface area contributed by atoms with Crippen molar-refractivity contribution in [1.82, 2.24) is 9.59 Å². The van der Waals surface area contributed by atoms with Crippen molar-refractivity contribution in [3.05, 3.63) is 5.69 Å². The van der Waals surface area contributed by atoms with E-state index in [1.54, 1.807) is 0 Å². The van der Waals surface area contributed by atoms with E-state index >= 15 is 0 Å². The lowest BCUT2D eigenvalue weighted by Crippen LogP contribution is -2.24. The molecule has 1 aromatic heterocycles. The van der Waals surface area contributed by atoms with Crippen LogP contribution in [0, 0.1) is 0 Å². The monoisotopic (exact) mass is 235 g/mol. The molecule has 0 bridgehead atoms. The van der Waals surface area contributed by atoms with E-state index in [1.807, 2.05) is 0 Å². The van der Waals surface area contributed by atoms with E-state index in [-0.39, 0.29) is 10.7 Å². The van der Waals surface area contributed by atoms with E-state index in [0.717, 1.165) is 11.5 Å². The van der Waals surface area contributed by atoms with Gasteiger partial charge >= 0.3 is 0 Å². The van der Waals surface area contributed by atoms with Crippen molar-refractivity contribution in [3.63, 3.8) is 0 Å². The number of nitrogens with two attached hydrogens (primary N) is 1. The first kappa shape index (κ1) is 11.1. The van der Waals surface area contributed by atoms with Crippen LogP contribution < -0.4 is 5.73 Å². The summed E-state index contributed by atoms with van der Waals surface area (Å²) in [5.74, 6) is 0. The normalized spacial score (nSPS) is 11.9. The minimum absolute atomic E-state index is 0.0271. The van der Waals surface area contributed by atoms with E-state index in [9.17, 15) is 13.2 Å². The zero-order valence-corrected chi connectivity index (χ0v) is 9.22. The van der Waals surface area contributed by atoms with Crippen LogP contribution in [-0.2, 0) is 9.84 Å². The molecule has 0 aliphatic heterocycles. The second kappa shape index (κ2) is 3.62. The minimum atomic E-state index is -3.84. The summed E-state index contributed by atoms with van der Waals surface area (Å²) in [5, 5.41) is 1.57. The van der Waals surface area contributed by atoms with Crippen molar-refractivity contribution >= 4 is 31.5 Å². The van der Waals surface area contributed by atoms with Crippen molar-refractivity contribution in [3.8, 4) is 0 Å². The molecule has 14 heavy (non-hydrogen) atoms. The largest absolute Gasteiger partial charge is 0.387 e. The van der Waals surface area contributed by atoms with Crippen LogP contribution in [0.4, 0.5) is 5.00 Å². The number of sulfone groups is 1. The van der Waals surface area contributed by atoms with E-state index in [2.05, 4.69) is 9.59 Å². The molecule has 0 saturated carbocycles. The molecule has 1 aromatic rings. The van der Waals surface area contributed by atoms with Crippen LogP contribution >= 0.6 is 11.5 Å². The zero-order valence-electron chi connectivity index (χ0n) is 7.59. The third kappa shape index (κ3) is 1.75. The van der Waals surface area contributed by atoms with E-state index in [0.29, 0.717) is 0 Å². The summed E-state index contributed by atoms with van der Waals surface area (Å²) in [4.78, 5) is 11.4. The highest BCUT2D eigenvalue weighted by Gasteiger charge is 2.31. The molecular formula is C6H9N3O3S2. The van der Waals surface area contributed by atoms with Gasteiger partial charge in [0.2, 0.25) is 9.84 Å². The van der Waals surface area contributed by atoms with Gasteiger partial charge in [-0.05, 0) is 13.8 Å². The van der Waals surface area contributed by atoms with Crippen LogP contribution in [0.2, 0.25) is 0 Å². The zero-order chi connectivity index (χ0) is 10.9. The second-order valence-corrected chi connectivity index (χ2v) is 6.06. The first-order valence-corrected chi connectivity index (χ1v) is 6.05. The van der Waals surface area contributed by atoms with E-state index in [4.69, 9.17) is 5.73 Å². The third-order valence-corrected chi connectivity index (χ3v) is 4.09. The SMILES string of the molecule is CC(C)S(=O)(=O)C(=O)c1nnsc1N. The Kier molecular flexibility index (Phi) is 2.86. The molecule has 2 N–H and O–H groups in total. The molecule has 0 spiro atoms. The number of nitrogens with zero attached hydrogens (tertiary/aromatic N) is 2. The highest BCUT2D eigenvalue weighted by Crippen LogP contribution is 2.17. The molecule has 1 heterocycles. The fourth-order valence-electron chi connectivity index (χ4n) is 0.688. The Morgan fingerprint density at radius 2 is 2.07 bits per heavy atom. The lowest BCUT2D eigenvalue weighted by atomic mass is 10.5. The lowest BCUT2D eigenvalue weighted by molar-refractivity contribution is 0.107. The maximum absolute atomic E-state index is 11.4. The van der Waals surface area contributed by atoms with Gasteiger partial charge in [-0.15, -0.1) is 5.10 Å². The van der Waals surface area contributed by atoms with Gasteiger partial charge in [-0.25, -0.2) is 8.42 Å². The molecule has 8 heteroatoms. The average Bonchev–Trinajstić information content (AvgIpc) is 2.49. The van der Waals surface area contributed by atoms with Crippen molar-refractivity contribution < 1.29 is 13.2 Å². The average molecular weight is 235 g/mol. The molecule has 0 unspecified atom stereocenters. The van der Waals surface area contributed by atoms with Crippen LogP contribution in [0.5, 0.6) is 0 Å². The summed E-state index contributed by atoms with van der Waals surface area (Å²) in [6.07, 6.45) is 0. The van der Waals surface area contributed by atoms with Gasteiger partial charge < -0.3 is 5.73 Å². The number of hydrogen-bond donors (Lipinski definition) is 1. The number of hydrogen-bond acceptors (Lipinski definition) is 7. The van der Waals surface area contributed by atoms with Gasteiger partial charge in [-0.2, -0.15) is 0 Å². The van der Waals surface area contributed by atoms with Crippen molar-refractivity contribution in [2.45, 2.75) is 19.1 Å². The molecule has 0 amide bonds. The number of rotatable bonds is 2. The van der Waals surface area contributed by atoms with E-state index in [1.165, 1.54) is 13.8 Å². The number of carbonyl (C=O) groups is 1. The summed E-state index contributed by atoms with van der Waals surface area (Å²) in [5.41, 5.74) is 5.07. The van der Waals surface area contributed by atoms with Crippen LogP contribution in [-0.4, -0.2) is 28.4 Å². The Balaban J connectivity index is 3.16. The Morgan fingerprint density at radius 1 is 1.50 bits per heavy atom. The molecule has 1 rings (SSSR count). The Hall–Kier alpha value is -1.02. The fourth-order valence-corrected chi connectivity index (χ4v) is 2.03. The first-order chi connectivity index (χ1) is 6.37. The van der Waals surface area contributed by atoms with Crippen LogP contribution in [0.3, 0.4) is 0 Å². The maximum atomic E-state index is 11.4. The fraction of sp³-hybridized carbons (Fsp3) is 0.500. The Bertz CT molecular complexity index is 449. The summed E-state index contributed by atoms with van der Waals surface area (Å²) >= 11 is 0.792. The third-order valence-electron chi connectivity index (χ3n) is 1.59. The molecule has 0 aliphatic carbocycles. The summed E-state index contributed by atoms with van der Waals surface area (Å²) in [7, 11) is -3.84. The molecule has 0 fully saturated rings. The number of aromatic nitrogens is 2. The van der Waals surface area contributed by atoms with Crippen molar-refractivity contribution in [2.75, 3.05) is 5.73 Å². The minimum Gasteiger partial charge on any atom is -0.387 e. The highest BCUT2D eigenvalue weighted by atomic mass is 32.2.